The normalized spacial score (nSPS) is 20.4. The Kier molecular flexibility index (Phi) is 7.82. The molecule has 2 aromatic carbocycles. The summed E-state index contributed by atoms with van der Waals surface area (Å²) in [5, 5.41) is 0. The molecule has 7 nitrogen and oxygen atoms in total. The fourth-order valence-corrected chi connectivity index (χ4v) is 5.60. The van der Waals surface area contributed by atoms with Gasteiger partial charge in [-0.2, -0.15) is 15.0 Å². The number of ether oxygens (including phenoxy) is 3. The third-order valence-corrected chi connectivity index (χ3v) is 6.99. The Balaban J connectivity index is 1.70. The smallest absolute Gasteiger partial charge is 0.319 e. The molecule has 2 aromatic heterocycles. The molecule has 1 saturated carbocycles. The van der Waals surface area contributed by atoms with Crippen LogP contribution in [0.1, 0.15) is 72.7 Å². The highest BCUT2D eigenvalue weighted by Gasteiger charge is 2.54. The van der Waals surface area contributed by atoms with Crippen LogP contribution in [0, 0.1) is 6.92 Å². The van der Waals surface area contributed by atoms with Gasteiger partial charge in [0.25, 0.3) is 0 Å². The van der Waals surface area contributed by atoms with Crippen molar-refractivity contribution in [2.24, 2.45) is 0 Å². The summed E-state index contributed by atoms with van der Waals surface area (Å²) >= 11 is 0. The molecule has 0 radical (unpaired) electrons. The summed E-state index contributed by atoms with van der Waals surface area (Å²) in [6.07, 6.45) is 0. The van der Waals surface area contributed by atoms with Crippen LogP contribution in [0.15, 0.2) is 72.8 Å². The second-order valence-electron chi connectivity index (χ2n) is 9.35. The summed E-state index contributed by atoms with van der Waals surface area (Å²) in [6, 6.07) is 26.0. The minimum atomic E-state index is 0.0528. The Labute approximate surface area is 224 Å². The SMILES string of the molecule is CCOc1cc([C@H]2[C@H](c3ccccc3)[C@H](c3cc(C)nc(OCC)n3)[C@H]2c2ccccc2)nc(OCC)n1. The predicted octanol–water partition coefficient (Wildman–Crippen LogP) is 6.22. The van der Waals surface area contributed by atoms with E-state index in [-0.39, 0.29) is 23.7 Å². The molecule has 1 aliphatic rings. The highest BCUT2D eigenvalue weighted by atomic mass is 16.5. The summed E-state index contributed by atoms with van der Waals surface area (Å²) in [5.41, 5.74) is 5.24. The lowest BCUT2D eigenvalue weighted by Crippen LogP contribution is -2.41. The van der Waals surface area contributed by atoms with E-state index >= 15 is 0 Å². The van der Waals surface area contributed by atoms with Gasteiger partial charge in [0.15, 0.2) is 0 Å². The van der Waals surface area contributed by atoms with Gasteiger partial charge < -0.3 is 14.2 Å². The second kappa shape index (κ2) is 11.6. The summed E-state index contributed by atoms with van der Waals surface area (Å²) < 4.78 is 17.3. The van der Waals surface area contributed by atoms with E-state index in [1.165, 1.54) is 11.1 Å². The lowest BCUT2D eigenvalue weighted by Gasteiger charge is -2.52. The van der Waals surface area contributed by atoms with Crippen LogP contribution in [-0.2, 0) is 0 Å². The van der Waals surface area contributed by atoms with Crippen LogP contribution in [0.4, 0.5) is 0 Å². The van der Waals surface area contributed by atoms with Crippen LogP contribution >= 0.6 is 0 Å². The fourth-order valence-electron chi connectivity index (χ4n) is 5.60. The topological polar surface area (TPSA) is 79.2 Å². The van der Waals surface area contributed by atoms with Crippen molar-refractivity contribution in [1.29, 1.82) is 0 Å². The highest BCUT2D eigenvalue weighted by Crippen LogP contribution is 2.66. The molecule has 2 atom stereocenters. The number of rotatable bonds is 10. The molecule has 38 heavy (non-hydrogen) atoms. The summed E-state index contributed by atoms with van der Waals surface area (Å²) in [5.74, 6) is 0.899. The zero-order valence-electron chi connectivity index (χ0n) is 22.4. The van der Waals surface area contributed by atoms with Gasteiger partial charge in [-0.05, 0) is 44.9 Å². The number of aromatic nitrogens is 4. The van der Waals surface area contributed by atoms with Crippen molar-refractivity contribution in [2.75, 3.05) is 19.8 Å². The van der Waals surface area contributed by atoms with Crippen molar-refractivity contribution in [3.63, 3.8) is 0 Å². The molecule has 4 aromatic rings. The molecule has 1 aliphatic carbocycles. The maximum atomic E-state index is 5.84. The first-order valence-electron chi connectivity index (χ1n) is 13.4. The fraction of sp³-hybridized carbons (Fsp3) is 0.355. The highest BCUT2D eigenvalue weighted by molar-refractivity contribution is 5.46. The molecule has 2 heterocycles. The molecule has 0 saturated heterocycles. The lowest BCUT2D eigenvalue weighted by atomic mass is 9.50. The van der Waals surface area contributed by atoms with Crippen LogP contribution in [0.2, 0.25) is 0 Å². The number of hydrogen-bond donors (Lipinski definition) is 0. The minimum absolute atomic E-state index is 0.0528. The van der Waals surface area contributed by atoms with Crippen LogP contribution in [0.5, 0.6) is 17.9 Å². The van der Waals surface area contributed by atoms with E-state index < -0.39 is 0 Å². The zero-order valence-corrected chi connectivity index (χ0v) is 22.4. The average molecular weight is 511 g/mol. The average Bonchev–Trinajstić information content (AvgIpc) is 2.90. The first-order chi connectivity index (χ1) is 18.6. The lowest BCUT2D eigenvalue weighted by molar-refractivity contribution is 0.212. The van der Waals surface area contributed by atoms with Gasteiger partial charge in [-0.15, -0.1) is 0 Å². The molecule has 7 heteroatoms. The molecular weight excluding hydrogens is 476 g/mol. The minimum Gasteiger partial charge on any atom is -0.478 e. The number of aryl methyl sites for hydroxylation is 1. The van der Waals surface area contributed by atoms with Crippen molar-refractivity contribution < 1.29 is 14.2 Å². The van der Waals surface area contributed by atoms with E-state index in [2.05, 4.69) is 64.6 Å². The molecule has 0 aliphatic heterocycles. The van der Waals surface area contributed by atoms with Crippen LogP contribution in [0.3, 0.4) is 0 Å². The molecule has 0 amide bonds. The molecule has 5 rings (SSSR count). The van der Waals surface area contributed by atoms with Crippen molar-refractivity contribution in [3.8, 4) is 17.9 Å². The molecule has 0 bridgehead atoms. The Morgan fingerprint density at radius 1 is 0.553 bits per heavy atom. The van der Waals surface area contributed by atoms with Gasteiger partial charge in [-0.3, -0.25) is 0 Å². The third-order valence-electron chi connectivity index (χ3n) is 6.99. The number of hydrogen-bond acceptors (Lipinski definition) is 7. The van der Waals surface area contributed by atoms with E-state index in [0.717, 1.165) is 17.1 Å². The van der Waals surface area contributed by atoms with Crippen molar-refractivity contribution >= 4 is 0 Å². The molecule has 0 spiro atoms. The van der Waals surface area contributed by atoms with Crippen molar-refractivity contribution in [2.45, 2.75) is 51.4 Å². The van der Waals surface area contributed by atoms with E-state index in [1.807, 2.05) is 45.9 Å². The van der Waals surface area contributed by atoms with Crippen molar-refractivity contribution in [1.82, 2.24) is 19.9 Å². The largest absolute Gasteiger partial charge is 0.478 e. The van der Waals surface area contributed by atoms with Crippen LogP contribution in [-0.4, -0.2) is 39.8 Å². The standard InChI is InChI=1S/C31H34N4O3/c1-5-36-25-19-24(34-31(35-25)38-7-3)29-26(21-14-10-8-11-15-21)28(27(29)22-16-12-9-13-17-22)23-18-20(4)32-30(33-23)37-6-2/h8-19,26-29H,5-7H2,1-4H3/t26-,27-,28-,29-/m1/s1. The number of benzene rings is 2. The van der Waals surface area contributed by atoms with Gasteiger partial charge in [0.05, 0.1) is 31.2 Å². The van der Waals surface area contributed by atoms with Crippen LogP contribution < -0.4 is 14.2 Å². The maximum Gasteiger partial charge on any atom is 0.319 e. The first kappa shape index (κ1) is 25.6. The molecule has 196 valence electrons. The quantitative estimate of drug-likeness (QED) is 0.251. The Morgan fingerprint density at radius 2 is 1.03 bits per heavy atom. The van der Waals surface area contributed by atoms with Crippen molar-refractivity contribution in [3.05, 3.63) is 101 Å². The Bertz CT molecular complexity index is 1280. The first-order valence-corrected chi connectivity index (χ1v) is 13.4. The molecule has 0 N–H and O–H groups in total. The monoisotopic (exact) mass is 510 g/mol. The molecule has 1 fully saturated rings. The van der Waals surface area contributed by atoms with Gasteiger partial charge in [0.2, 0.25) is 5.88 Å². The van der Waals surface area contributed by atoms with Gasteiger partial charge in [-0.1, -0.05) is 60.7 Å². The van der Waals surface area contributed by atoms with Crippen LogP contribution in [0.25, 0.3) is 0 Å². The molecular formula is C31H34N4O3. The summed E-state index contributed by atoms with van der Waals surface area (Å²) in [4.78, 5) is 18.8. The second-order valence-corrected chi connectivity index (χ2v) is 9.35. The van der Waals surface area contributed by atoms with E-state index in [1.54, 1.807) is 0 Å². The summed E-state index contributed by atoms with van der Waals surface area (Å²) in [7, 11) is 0. The maximum absolute atomic E-state index is 5.84. The third kappa shape index (κ3) is 5.19. The van der Waals surface area contributed by atoms with Gasteiger partial charge in [0.1, 0.15) is 0 Å². The van der Waals surface area contributed by atoms with Gasteiger partial charge in [-0.25, -0.2) is 4.98 Å². The Hall–Kier alpha value is -4.00. The molecule has 0 unspecified atom stereocenters. The number of nitrogens with zero attached hydrogens (tertiary/aromatic N) is 4. The van der Waals surface area contributed by atoms with Gasteiger partial charge >= 0.3 is 12.0 Å². The van der Waals surface area contributed by atoms with Gasteiger partial charge in [0, 0.05) is 35.4 Å². The predicted molar refractivity (Wildman–Crippen MR) is 146 cm³/mol. The zero-order chi connectivity index (χ0) is 26.5. The van der Waals surface area contributed by atoms with E-state index in [0.29, 0.717) is 37.7 Å². The Morgan fingerprint density at radius 3 is 1.53 bits per heavy atom. The van der Waals surface area contributed by atoms with E-state index in [9.17, 15) is 0 Å². The van der Waals surface area contributed by atoms with E-state index in [4.69, 9.17) is 24.2 Å². The summed E-state index contributed by atoms with van der Waals surface area (Å²) in [6.45, 7) is 9.34.